The van der Waals surface area contributed by atoms with Gasteiger partial charge in [-0.05, 0) is 12.8 Å². The molecular weight excluding hydrogens is 182 g/mol. The fraction of sp³-hybridized carbons (Fsp3) is 0.750. The Morgan fingerprint density at radius 1 is 1.43 bits per heavy atom. The molecule has 0 aliphatic carbocycles. The van der Waals surface area contributed by atoms with Crippen molar-refractivity contribution in [1.82, 2.24) is 10.7 Å². The first kappa shape index (κ1) is 12.7. The third kappa shape index (κ3) is 5.36. The van der Waals surface area contributed by atoms with Crippen molar-refractivity contribution in [2.45, 2.75) is 26.8 Å². The molecule has 6 nitrogen and oxygen atoms in total. The molecule has 14 heavy (non-hydrogen) atoms. The van der Waals surface area contributed by atoms with Crippen LogP contribution in [-0.2, 0) is 4.79 Å². The summed E-state index contributed by atoms with van der Waals surface area (Å²) in [5.41, 5.74) is 7.46. The van der Waals surface area contributed by atoms with E-state index in [-0.39, 0.29) is 11.9 Å². The number of rotatable bonds is 4. The summed E-state index contributed by atoms with van der Waals surface area (Å²) in [5.74, 6) is 5.32. The second kappa shape index (κ2) is 6.20. The first-order valence-electron chi connectivity index (χ1n) is 4.55. The number of hydrogen-bond acceptors (Lipinski definition) is 3. The van der Waals surface area contributed by atoms with Crippen LogP contribution < -0.4 is 22.3 Å². The van der Waals surface area contributed by atoms with E-state index in [0.717, 1.165) is 0 Å². The van der Waals surface area contributed by atoms with E-state index in [1.165, 1.54) is 0 Å². The predicted octanol–water partition coefficient (Wildman–Crippen LogP) is -1.07. The number of amides is 1. The second-order valence-corrected chi connectivity index (χ2v) is 3.47. The molecule has 0 bridgehead atoms. The number of nitrogens with one attached hydrogen (secondary N) is 2. The zero-order chi connectivity index (χ0) is 11.1. The van der Waals surface area contributed by atoms with Crippen LogP contribution in [0.5, 0.6) is 0 Å². The van der Waals surface area contributed by atoms with Gasteiger partial charge in [-0.15, -0.1) is 0 Å². The molecule has 1 amide bonds. The Balaban J connectivity index is 4.00. The topological polar surface area (TPSA) is 106 Å². The third-order valence-corrected chi connectivity index (χ3v) is 1.54. The molecule has 82 valence electrons. The Bertz CT molecular complexity index is 214. The van der Waals surface area contributed by atoms with Crippen molar-refractivity contribution in [2.24, 2.45) is 22.5 Å². The third-order valence-electron chi connectivity index (χ3n) is 1.54. The Morgan fingerprint density at radius 2 is 2.00 bits per heavy atom. The molecule has 0 spiro atoms. The highest BCUT2D eigenvalue weighted by Gasteiger charge is 2.11. The number of nitrogens with two attached hydrogens (primary N) is 2. The quantitative estimate of drug-likeness (QED) is 0.201. The minimum atomic E-state index is -0.523. The molecule has 1 unspecified atom stereocenters. The van der Waals surface area contributed by atoms with E-state index < -0.39 is 6.04 Å². The van der Waals surface area contributed by atoms with Gasteiger partial charge >= 0.3 is 0 Å². The normalized spacial score (nSPS) is 13.9. The molecule has 0 heterocycles. The molecule has 1 atom stereocenters. The fourth-order valence-electron chi connectivity index (χ4n) is 0.757. The smallest absolute Gasteiger partial charge is 0.244 e. The monoisotopic (exact) mass is 201 g/mol. The number of hydrazine groups is 1. The molecule has 0 radical (unpaired) electrons. The summed E-state index contributed by atoms with van der Waals surface area (Å²) in [6.07, 6.45) is 0. The van der Waals surface area contributed by atoms with Crippen LogP contribution in [-0.4, -0.2) is 24.5 Å². The first-order chi connectivity index (χ1) is 6.47. The summed E-state index contributed by atoms with van der Waals surface area (Å²) in [4.78, 5) is 15.2. The molecule has 0 aliphatic rings. The lowest BCUT2D eigenvalue weighted by Crippen LogP contribution is -2.41. The maximum atomic E-state index is 11.4. The highest BCUT2D eigenvalue weighted by Crippen LogP contribution is 1.92. The van der Waals surface area contributed by atoms with Gasteiger partial charge in [-0.3, -0.25) is 10.2 Å². The van der Waals surface area contributed by atoms with Crippen LogP contribution in [0.2, 0.25) is 0 Å². The Kier molecular flexibility index (Phi) is 5.62. The van der Waals surface area contributed by atoms with Crippen molar-refractivity contribution < 1.29 is 4.79 Å². The average molecular weight is 201 g/mol. The number of carbonyl (C=O) groups excluding carboxylic acids is 1. The molecule has 6 N–H and O–H groups in total. The minimum absolute atomic E-state index is 0.0530. The van der Waals surface area contributed by atoms with Crippen LogP contribution in [0, 0.1) is 5.92 Å². The van der Waals surface area contributed by atoms with Gasteiger partial charge in [0.15, 0.2) is 0 Å². The number of aliphatic imine (C=N–C) groups is 1. The van der Waals surface area contributed by atoms with Crippen LogP contribution in [0.3, 0.4) is 0 Å². The van der Waals surface area contributed by atoms with E-state index in [1.807, 2.05) is 13.8 Å². The van der Waals surface area contributed by atoms with Gasteiger partial charge in [0, 0.05) is 6.54 Å². The van der Waals surface area contributed by atoms with Crippen LogP contribution in [0.4, 0.5) is 0 Å². The van der Waals surface area contributed by atoms with Gasteiger partial charge in [-0.25, -0.2) is 10.8 Å². The van der Waals surface area contributed by atoms with E-state index in [4.69, 9.17) is 11.6 Å². The molecule has 6 heteroatoms. The lowest BCUT2D eigenvalue weighted by Gasteiger charge is -2.10. The lowest BCUT2D eigenvalue weighted by atomic mass is 10.2. The maximum absolute atomic E-state index is 11.4. The molecule has 0 aromatic heterocycles. The molecule has 0 aliphatic heterocycles. The lowest BCUT2D eigenvalue weighted by molar-refractivity contribution is -0.122. The van der Waals surface area contributed by atoms with Crippen molar-refractivity contribution in [1.29, 1.82) is 0 Å². The first-order valence-corrected chi connectivity index (χ1v) is 4.55. The van der Waals surface area contributed by atoms with Crippen molar-refractivity contribution in [3.05, 3.63) is 0 Å². The van der Waals surface area contributed by atoms with Crippen LogP contribution >= 0.6 is 0 Å². The zero-order valence-electron chi connectivity index (χ0n) is 8.87. The van der Waals surface area contributed by atoms with E-state index in [0.29, 0.717) is 12.5 Å². The average Bonchev–Trinajstić information content (AvgIpc) is 2.13. The Hall–Kier alpha value is -1.30. The molecule has 0 rings (SSSR count). The predicted molar refractivity (Wildman–Crippen MR) is 56.3 cm³/mol. The molecule has 0 aromatic carbocycles. The fourth-order valence-corrected chi connectivity index (χ4v) is 0.757. The van der Waals surface area contributed by atoms with Crippen LogP contribution in [0.15, 0.2) is 4.99 Å². The van der Waals surface area contributed by atoms with Gasteiger partial charge in [-0.2, -0.15) is 0 Å². The maximum Gasteiger partial charge on any atom is 0.244 e. The zero-order valence-corrected chi connectivity index (χ0v) is 8.87. The van der Waals surface area contributed by atoms with E-state index in [1.54, 1.807) is 6.92 Å². The van der Waals surface area contributed by atoms with Crippen LogP contribution in [0.1, 0.15) is 20.8 Å². The summed E-state index contributed by atoms with van der Waals surface area (Å²) < 4.78 is 0. The van der Waals surface area contributed by atoms with Gasteiger partial charge < -0.3 is 11.1 Å². The summed E-state index contributed by atoms with van der Waals surface area (Å²) in [6, 6.07) is -0.523. The summed E-state index contributed by atoms with van der Waals surface area (Å²) in [7, 11) is 0. The van der Waals surface area contributed by atoms with Gasteiger partial charge in [0.2, 0.25) is 11.9 Å². The van der Waals surface area contributed by atoms with E-state index in [2.05, 4.69) is 15.7 Å². The largest absolute Gasteiger partial charge is 0.369 e. The van der Waals surface area contributed by atoms with E-state index >= 15 is 0 Å². The van der Waals surface area contributed by atoms with Gasteiger partial charge in [0.25, 0.3) is 0 Å². The summed E-state index contributed by atoms with van der Waals surface area (Å²) in [5, 5.41) is 2.74. The minimum Gasteiger partial charge on any atom is -0.369 e. The SMILES string of the molecule is CC(C)CNC(=O)C(C)N=C(N)NN. The van der Waals surface area contributed by atoms with Gasteiger partial charge in [0.05, 0.1) is 0 Å². The molecule has 0 saturated heterocycles. The number of nitrogens with zero attached hydrogens (tertiary/aromatic N) is 1. The summed E-state index contributed by atoms with van der Waals surface area (Å²) in [6.45, 7) is 6.32. The molecule has 0 saturated carbocycles. The molecular formula is C8H19N5O. The second-order valence-electron chi connectivity index (χ2n) is 3.47. The number of guanidine groups is 1. The van der Waals surface area contributed by atoms with E-state index in [9.17, 15) is 4.79 Å². The van der Waals surface area contributed by atoms with Crippen molar-refractivity contribution >= 4 is 11.9 Å². The standard InChI is InChI=1S/C8H19N5O/c1-5(2)4-11-7(14)6(3)12-8(9)13-10/h5-6H,4,10H2,1-3H3,(H,11,14)(H3,9,12,13). The highest BCUT2D eigenvalue weighted by atomic mass is 16.2. The highest BCUT2D eigenvalue weighted by molar-refractivity contribution is 5.86. The summed E-state index contributed by atoms with van der Waals surface area (Å²) >= 11 is 0. The van der Waals surface area contributed by atoms with Crippen molar-refractivity contribution in [2.75, 3.05) is 6.54 Å². The number of hydrogen-bond donors (Lipinski definition) is 4. The molecule has 0 fully saturated rings. The van der Waals surface area contributed by atoms with Crippen LogP contribution in [0.25, 0.3) is 0 Å². The van der Waals surface area contributed by atoms with Crippen molar-refractivity contribution in [3.63, 3.8) is 0 Å². The van der Waals surface area contributed by atoms with Gasteiger partial charge in [0.1, 0.15) is 6.04 Å². The molecule has 0 aromatic rings. The number of carbonyl (C=O) groups is 1. The Labute approximate surface area is 84.1 Å². The van der Waals surface area contributed by atoms with Gasteiger partial charge in [-0.1, -0.05) is 13.8 Å². The Morgan fingerprint density at radius 3 is 2.43 bits per heavy atom. The van der Waals surface area contributed by atoms with Crippen molar-refractivity contribution in [3.8, 4) is 0 Å².